The minimum absolute atomic E-state index is 0.0672. The van der Waals surface area contributed by atoms with Gasteiger partial charge in [-0.2, -0.15) is 0 Å². The molecule has 3 rings (SSSR count). The predicted molar refractivity (Wildman–Crippen MR) is 84.9 cm³/mol. The Kier molecular flexibility index (Phi) is 3.72. The second-order valence-electron chi connectivity index (χ2n) is 5.06. The van der Waals surface area contributed by atoms with Gasteiger partial charge in [-0.05, 0) is 24.6 Å². The molecule has 0 amide bonds. The molecule has 0 atom stereocenters. The third kappa shape index (κ3) is 3.16. The number of carbonyl (C=O) groups is 1. The smallest absolute Gasteiger partial charge is 0.363 e. The van der Waals surface area contributed by atoms with Crippen LogP contribution in [0.25, 0.3) is 6.08 Å². The first-order chi connectivity index (χ1) is 11.0. The number of nitrogens with zero attached hydrogens (tertiary/aromatic N) is 2. The average molecular weight is 308 g/mol. The molecule has 114 valence electrons. The highest BCUT2D eigenvalue weighted by molar-refractivity contribution is 6.13. The fourth-order valence-corrected chi connectivity index (χ4v) is 2.20. The van der Waals surface area contributed by atoms with Crippen LogP contribution in [0.5, 0.6) is 0 Å². The molecular formula is C17H12N2O4. The zero-order chi connectivity index (χ0) is 16.4. The van der Waals surface area contributed by atoms with Crippen molar-refractivity contribution >= 4 is 23.6 Å². The van der Waals surface area contributed by atoms with E-state index < -0.39 is 10.9 Å². The molecule has 6 heteroatoms. The monoisotopic (exact) mass is 308 g/mol. The number of hydrogen-bond donors (Lipinski definition) is 0. The lowest BCUT2D eigenvalue weighted by Crippen LogP contribution is -2.05. The highest BCUT2D eigenvalue weighted by Crippen LogP contribution is 2.21. The van der Waals surface area contributed by atoms with Gasteiger partial charge in [0.1, 0.15) is 0 Å². The van der Waals surface area contributed by atoms with Crippen molar-refractivity contribution < 1.29 is 14.5 Å². The van der Waals surface area contributed by atoms with Crippen molar-refractivity contribution in [2.24, 2.45) is 4.99 Å². The van der Waals surface area contributed by atoms with Crippen LogP contribution >= 0.6 is 0 Å². The molecule has 1 aliphatic heterocycles. The molecule has 2 aromatic rings. The summed E-state index contributed by atoms with van der Waals surface area (Å²) in [6.07, 6.45) is 1.62. The van der Waals surface area contributed by atoms with Gasteiger partial charge in [0.2, 0.25) is 5.90 Å². The van der Waals surface area contributed by atoms with E-state index >= 15 is 0 Å². The van der Waals surface area contributed by atoms with E-state index in [0.29, 0.717) is 5.56 Å². The van der Waals surface area contributed by atoms with Gasteiger partial charge in [0.15, 0.2) is 5.70 Å². The Morgan fingerprint density at radius 2 is 1.96 bits per heavy atom. The standard InChI is InChI=1S/C17H12N2O4/c1-11-4-2-5-12(8-11)9-15-17(20)23-16(18-15)13-6-3-7-14(10-13)19(21)22/h2-10H,1H3. The third-order valence-electron chi connectivity index (χ3n) is 3.27. The van der Waals surface area contributed by atoms with Crippen molar-refractivity contribution in [3.8, 4) is 0 Å². The summed E-state index contributed by atoms with van der Waals surface area (Å²) in [6.45, 7) is 1.95. The highest BCUT2D eigenvalue weighted by Gasteiger charge is 2.25. The zero-order valence-electron chi connectivity index (χ0n) is 12.2. The van der Waals surface area contributed by atoms with E-state index in [1.807, 2.05) is 31.2 Å². The molecule has 0 saturated heterocycles. The lowest BCUT2D eigenvalue weighted by atomic mass is 10.1. The Bertz CT molecular complexity index is 868. The molecule has 0 aromatic heterocycles. The Hall–Kier alpha value is -3.28. The second kappa shape index (κ2) is 5.84. The van der Waals surface area contributed by atoms with Gasteiger partial charge in [-0.1, -0.05) is 35.9 Å². The Morgan fingerprint density at radius 3 is 2.70 bits per heavy atom. The molecule has 0 unspecified atom stereocenters. The van der Waals surface area contributed by atoms with Gasteiger partial charge >= 0.3 is 5.97 Å². The number of aryl methyl sites for hydroxylation is 1. The van der Waals surface area contributed by atoms with Crippen LogP contribution in [-0.2, 0) is 9.53 Å². The number of carbonyl (C=O) groups excluding carboxylic acids is 1. The van der Waals surface area contributed by atoms with Gasteiger partial charge in [0, 0.05) is 17.7 Å². The second-order valence-corrected chi connectivity index (χ2v) is 5.06. The van der Waals surface area contributed by atoms with Gasteiger partial charge < -0.3 is 4.74 Å². The molecule has 1 aliphatic rings. The van der Waals surface area contributed by atoms with Crippen LogP contribution in [0.2, 0.25) is 0 Å². The molecular weight excluding hydrogens is 296 g/mol. The summed E-state index contributed by atoms with van der Waals surface area (Å²) < 4.78 is 5.12. The van der Waals surface area contributed by atoms with Gasteiger partial charge in [0.05, 0.1) is 4.92 Å². The molecule has 0 aliphatic carbocycles. The number of ether oxygens (including phenoxy) is 1. The quantitative estimate of drug-likeness (QED) is 0.377. The fourth-order valence-electron chi connectivity index (χ4n) is 2.20. The molecule has 23 heavy (non-hydrogen) atoms. The zero-order valence-corrected chi connectivity index (χ0v) is 12.2. The number of non-ortho nitro benzene ring substituents is 1. The number of esters is 1. The number of nitro groups is 1. The molecule has 0 saturated carbocycles. The summed E-state index contributed by atoms with van der Waals surface area (Å²) in [7, 11) is 0. The average Bonchev–Trinajstić information content (AvgIpc) is 2.88. The van der Waals surface area contributed by atoms with Gasteiger partial charge in [0.25, 0.3) is 5.69 Å². The summed E-state index contributed by atoms with van der Waals surface area (Å²) in [5.74, 6) is -0.509. The fraction of sp³-hybridized carbons (Fsp3) is 0.0588. The van der Waals surface area contributed by atoms with Crippen molar-refractivity contribution in [2.45, 2.75) is 6.92 Å². The van der Waals surface area contributed by atoms with Gasteiger partial charge in [-0.25, -0.2) is 9.79 Å². The first-order valence-corrected chi connectivity index (χ1v) is 6.87. The van der Waals surface area contributed by atoms with Crippen molar-refractivity contribution in [3.63, 3.8) is 0 Å². The first kappa shape index (κ1) is 14.6. The molecule has 6 nitrogen and oxygen atoms in total. The molecule has 1 heterocycles. The molecule has 0 bridgehead atoms. The summed E-state index contributed by atoms with van der Waals surface area (Å²) in [5, 5.41) is 10.8. The molecule has 0 spiro atoms. The molecule has 0 fully saturated rings. The van der Waals surface area contributed by atoms with Gasteiger partial charge in [-0.3, -0.25) is 10.1 Å². The number of hydrogen-bond acceptors (Lipinski definition) is 5. The number of cyclic esters (lactones) is 1. The van der Waals surface area contributed by atoms with Crippen molar-refractivity contribution in [1.29, 1.82) is 0 Å². The van der Waals surface area contributed by atoms with Crippen LogP contribution in [-0.4, -0.2) is 16.8 Å². The maximum absolute atomic E-state index is 11.9. The van der Waals surface area contributed by atoms with Crippen LogP contribution in [0.4, 0.5) is 5.69 Å². The number of benzene rings is 2. The topological polar surface area (TPSA) is 81.8 Å². The van der Waals surface area contributed by atoms with Crippen LogP contribution in [0, 0.1) is 17.0 Å². The largest absolute Gasteiger partial charge is 0.402 e. The lowest BCUT2D eigenvalue weighted by Gasteiger charge is -1.98. The maximum atomic E-state index is 11.9. The number of nitro benzene ring substituents is 1. The minimum Gasteiger partial charge on any atom is -0.402 e. The van der Waals surface area contributed by atoms with E-state index in [4.69, 9.17) is 4.74 Å². The van der Waals surface area contributed by atoms with Crippen LogP contribution in [0.15, 0.2) is 59.2 Å². The Labute approximate surface area is 131 Å². The first-order valence-electron chi connectivity index (χ1n) is 6.87. The number of aliphatic imine (C=N–C) groups is 1. The van der Waals surface area contributed by atoms with Crippen LogP contribution in [0.3, 0.4) is 0 Å². The minimum atomic E-state index is -0.576. The molecule has 0 N–H and O–H groups in total. The highest BCUT2D eigenvalue weighted by atomic mass is 16.6. The van der Waals surface area contributed by atoms with Crippen molar-refractivity contribution in [2.75, 3.05) is 0 Å². The van der Waals surface area contributed by atoms with E-state index in [9.17, 15) is 14.9 Å². The van der Waals surface area contributed by atoms with E-state index in [1.54, 1.807) is 12.1 Å². The van der Waals surface area contributed by atoms with E-state index in [0.717, 1.165) is 11.1 Å². The molecule has 2 aromatic carbocycles. The van der Waals surface area contributed by atoms with E-state index in [-0.39, 0.29) is 17.3 Å². The van der Waals surface area contributed by atoms with Gasteiger partial charge in [-0.15, -0.1) is 0 Å². The Balaban J connectivity index is 1.95. The molecule has 0 radical (unpaired) electrons. The third-order valence-corrected chi connectivity index (χ3v) is 3.27. The van der Waals surface area contributed by atoms with E-state index in [1.165, 1.54) is 18.2 Å². The van der Waals surface area contributed by atoms with E-state index in [2.05, 4.69) is 4.99 Å². The van der Waals surface area contributed by atoms with Crippen molar-refractivity contribution in [1.82, 2.24) is 0 Å². The Morgan fingerprint density at radius 1 is 1.17 bits per heavy atom. The summed E-state index contributed by atoms with van der Waals surface area (Å²) in [4.78, 5) is 26.4. The SMILES string of the molecule is Cc1cccc(C=C2N=C(c3cccc([N+](=O)[O-])c3)OC2=O)c1. The van der Waals surface area contributed by atoms with Crippen LogP contribution < -0.4 is 0 Å². The maximum Gasteiger partial charge on any atom is 0.363 e. The summed E-state index contributed by atoms with van der Waals surface area (Å²) in [5.41, 5.74) is 2.37. The normalized spacial score (nSPS) is 15.4. The van der Waals surface area contributed by atoms with Crippen LogP contribution in [0.1, 0.15) is 16.7 Å². The summed E-state index contributed by atoms with van der Waals surface area (Å²) in [6, 6.07) is 13.4. The summed E-state index contributed by atoms with van der Waals surface area (Å²) >= 11 is 0. The lowest BCUT2D eigenvalue weighted by molar-refractivity contribution is -0.384. The predicted octanol–water partition coefficient (Wildman–Crippen LogP) is 3.25. The van der Waals surface area contributed by atoms with Crippen molar-refractivity contribution in [3.05, 3.63) is 81.0 Å². The number of rotatable bonds is 3.